The van der Waals surface area contributed by atoms with Gasteiger partial charge < -0.3 is 5.32 Å². The molecular weight excluding hydrogens is 238 g/mol. The Kier molecular flexibility index (Phi) is 14.0. The summed E-state index contributed by atoms with van der Waals surface area (Å²) in [6.45, 7) is 10.4. The van der Waals surface area contributed by atoms with E-state index in [-0.39, 0.29) is 0 Å². The van der Waals surface area contributed by atoms with Crippen LogP contribution in [0, 0.1) is 0 Å². The molecule has 0 heterocycles. The average molecular weight is 274 g/mol. The van der Waals surface area contributed by atoms with Crippen LogP contribution in [0.2, 0.25) is 0 Å². The van der Waals surface area contributed by atoms with Gasteiger partial charge in [0.15, 0.2) is 0 Å². The Morgan fingerprint density at radius 3 is 2.28 bits per heavy atom. The number of nitrogens with one attached hydrogen (secondary N) is 1. The Morgan fingerprint density at radius 2 is 1.67 bits per heavy atom. The van der Waals surface area contributed by atoms with Gasteiger partial charge in [-0.2, -0.15) is 11.8 Å². The molecule has 0 aromatic carbocycles. The maximum atomic E-state index is 3.72. The highest BCUT2D eigenvalue weighted by Crippen LogP contribution is 2.17. The fourth-order valence-electron chi connectivity index (χ4n) is 1.99. The number of hydrogen-bond acceptors (Lipinski definition) is 2. The van der Waals surface area contributed by atoms with E-state index in [0.29, 0.717) is 0 Å². The SMILES string of the molecule is CCCCCCCC(CSC(C)CC)NCCC. The molecule has 0 aromatic heterocycles. The topological polar surface area (TPSA) is 12.0 Å². The standard InChI is InChI=1S/C16H35NS/c1-5-8-9-10-11-12-16(17-13-6-2)14-18-15(4)7-3/h15-17H,5-14H2,1-4H3. The molecular formula is C16H35NS. The Balaban J connectivity index is 3.69. The van der Waals surface area contributed by atoms with Crippen molar-refractivity contribution in [1.82, 2.24) is 5.32 Å². The molecule has 0 saturated heterocycles. The first-order valence-corrected chi connectivity index (χ1v) is 9.14. The molecule has 1 N–H and O–H groups in total. The molecule has 0 amide bonds. The molecule has 0 rings (SSSR count). The maximum absolute atomic E-state index is 3.72. The fourth-order valence-corrected chi connectivity index (χ4v) is 3.07. The highest BCUT2D eigenvalue weighted by molar-refractivity contribution is 7.99. The molecule has 110 valence electrons. The molecule has 2 atom stereocenters. The van der Waals surface area contributed by atoms with Crippen molar-refractivity contribution in [2.75, 3.05) is 12.3 Å². The van der Waals surface area contributed by atoms with Crippen molar-refractivity contribution in [3.8, 4) is 0 Å². The molecule has 0 bridgehead atoms. The van der Waals surface area contributed by atoms with Gasteiger partial charge in [0.1, 0.15) is 0 Å². The number of unbranched alkanes of at least 4 members (excludes halogenated alkanes) is 4. The van der Waals surface area contributed by atoms with E-state index in [4.69, 9.17) is 0 Å². The fraction of sp³-hybridized carbons (Fsp3) is 1.00. The third kappa shape index (κ3) is 11.4. The van der Waals surface area contributed by atoms with Crippen LogP contribution in [0.4, 0.5) is 0 Å². The van der Waals surface area contributed by atoms with E-state index >= 15 is 0 Å². The lowest BCUT2D eigenvalue weighted by molar-refractivity contribution is 0.485. The van der Waals surface area contributed by atoms with Gasteiger partial charge >= 0.3 is 0 Å². The summed E-state index contributed by atoms with van der Waals surface area (Å²) in [7, 11) is 0. The van der Waals surface area contributed by atoms with E-state index < -0.39 is 0 Å². The molecule has 2 unspecified atom stereocenters. The quantitative estimate of drug-likeness (QED) is 0.460. The molecule has 18 heavy (non-hydrogen) atoms. The van der Waals surface area contributed by atoms with Crippen molar-refractivity contribution < 1.29 is 0 Å². The van der Waals surface area contributed by atoms with Gasteiger partial charge in [0, 0.05) is 17.0 Å². The summed E-state index contributed by atoms with van der Waals surface area (Å²) in [5, 5.41) is 4.53. The maximum Gasteiger partial charge on any atom is 0.0158 e. The Hall–Kier alpha value is 0.310. The summed E-state index contributed by atoms with van der Waals surface area (Å²) in [6, 6.07) is 0.741. The van der Waals surface area contributed by atoms with Gasteiger partial charge in [0.2, 0.25) is 0 Å². The smallest absolute Gasteiger partial charge is 0.0158 e. The van der Waals surface area contributed by atoms with Gasteiger partial charge in [-0.3, -0.25) is 0 Å². The van der Waals surface area contributed by atoms with E-state index in [1.54, 1.807) is 0 Å². The Labute approximate surface area is 120 Å². The van der Waals surface area contributed by atoms with Crippen molar-refractivity contribution in [1.29, 1.82) is 0 Å². The minimum atomic E-state index is 0.741. The normalized spacial score (nSPS) is 14.7. The van der Waals surface area contributed by atoms with E-state index in [9.17, 15) is 0 Å². The first-order valence-electron chi connectivity index (χ1n) is 8.09. The second-order valence-electron chi connectivity index (χ2n) is 5.41. The van der Waals surface area contributed by atoms with Crippen LogP contribution in [0.5, 0.6) is 0 Å². The molecule has 0 aliphatic heterocycles. The summed E-state index contributed by atoms with van der Waals surface area (Å²) in [6.07, 6.45) is 10.9. The Bertz CT molecular complexity index is 161. The van der Waals surface area contributed by atoms with Crippen molar-refractivity contribution >= 4 is 11.8 Å². The molecule has 0 saturated carbocycles. The second kappa shape index (κ2) is 13.7. The summed E-state index contributed by atoms with van der Waals surface area (Å²) < 4.78 is 0. The van der Waals surface area contributed by atoms with Crippen LogP contribution in [0.1, 0.15) is 79.1 Å². The van der Waals surface area contributed by atoms with Gasteiger partial charge in [0.05, 0.1) is 0 Å². The van der Waals surface area contributed by atoms with E-state index in [1.165, 1.54) is 63.7 Å². The minimum absolute atomic E-state index is 0.741. The van der Waals surface area contributed by atoms with Crippen LogP contribution in [0.25, 0.3) is 0 Å². The van der Waals surface area contributed by atoms with Crippen LogP contribution >= 0.6 is 11.8 Å². The summed E-state index contributed by atoms with van der Waals surface area (Å²) in [5.41, 5.74) is 0. The summed E-state index contributed by atoms with van der Waals surface area (Å²) in [5.74, 6) is 1.29. The summed E-state index contributed by atoms with van der Waals surface area (Å²) in [4.78, 5) is 0. The molecule has 0 aliphatic carbocycles. The van der Waals surface area contributed by atoms with Crippen molar-refractivity contribution in [3.63, 3.8) is 0 Å². The first kappa shape index (κ1) is 18.3. The van der Waals surface area contributed by atoms with Crippen LogP contribution in [0.3, 0.4) is 0 Å². The number of rotatable bonds is 13. The zero-order valence-electron chi connectivity index (χ0n) is 13.1. The minimum Gasteiger partial charge on any atom is -0.313 e. The van der Waals surface area contributed by atoms with Gasteiger partial charge in [-0.05, 0) is 25.8 Å². The first-order chi connectivity index (χ1) is 8.74. The highest BCUT2D eigenvalue weighted by Gasteiger charge is 2.09. The largest absolute Gasteiger partial charge is 0.313 e. The van der Waals surface area contributed by atoms with Crippen molar-refractivity contribution in [2.45, 2.75) is 90.4 Å². The predicted octanol–water partition coefficient (Wildman–Crippen LogP) is 5.25. The lowest BCUT2D eigenvalue weighted by Crippen LogP contribution is -2.32. The van der Waals surface area contributed by atoms with Crippen LogP contribution in [0.15, 0.2) is 0 Å². The van der Waals surface area contributed by atoms with Gasteiger partial charge in [0.25, 0.3) is 0 Å². The van der Waals surface area contributed by atoms with E-state index in [1.807, 2.05) is 0 Å². The predicted molar refractivity (Wildman–Crippen MR) is 87.7 cm³/mol. The molecule has 0 spiro atoms. The number of hydrogen-bond donors (Lipinski definition) is 1. The van der Waals surface area contributed by atoms with Crippen LogP contribution in [-0.4, -0.2) is 23.6 Å². The lowest BCUT2D eigenvalue weighted by atomic mass is 10.1. The number of thioether (sulfide) groups is 1. The van der Waals surface area contributed by atoms with Gasteiger partial charge in [-0.15, -0.1) is 0 Å². The average Bonchev–Trinajstić information content (AvgIpc) is 2.40. The highest BCUT2D eigenvalue weighted by atomic mass is 32.2. The monoisotopic (exact) mass is 273 g/mol. The molecule has 1 nitrogen and oxygen atoms in total. The van der Waals surface area contributed by atoms with E-state index in [0.717, 1.165) is 11.3 Å². The third-order valence-electron chi connectivity index (χ3n) is 3.50. The molecule has 0 radical (unpaired) electrons. The van der Waals surface area contributed by atoms with Gasteiger partial charge in [-0.25, -0.2) is 0 Å². The van der Waals surface area contributed by atoms with E-state index in [2.05, 4.69) is 44.8 Å². The third-order valence-corrected chi connectivity index (χ3v) is 4.99. The van der Waals surface area contributed by atoms with Crippen LogP contribution < -0.4 is 5.32 Å². The molecule has 0 aromatic rings. The van der Waals surface area contributed by atoms with Gasteiger partial charge in [-0.1, -0.05) is 59.8 Å². The van der Waals surface area contributed by atoms with Crippen molar-refractivity contribution in [3.05, 3.63) is 0 Å². The zero-order chi connectivity index (χ0) is 13.6. The second-order valence-corrected chi connectivity index (χ2v) is 6.88. The molecule has 0 aliphatic rings. The summed E-state index contributed by atoms with van der Waals surface area (Å²) >= 11 is 2.14. The molecule has 2 heteroatoms. The lowest BCUT2D eigenvalue weighted by Gasteiger charge is -2.20. The zero-order valence-corrected chi connectivity index (χ0v) is 14.0. The molecule has 0 fully saturated rings. The van der Waals surface area contributed by atoms with Crippen LogP contribution in [-0.2, 0) is 0 Å². The van der Waals surface area contributed by atoms with Crippen molar-refractivity contribution in [2.24, 2.45) is 0 Å². The Morgan fingerprint density at radius 1 is 0.944 bits per heavy atom.